The standard InChI is InChI=1S/C11H23NO/c1-3-12(8-9-13)11-7-5-4-6-10(11)2/h10-11,13H,3-9H2,1-2H3/t10-,11-/m1/s1. The van der Waals surface area contributed by atoms with Crippen LogP contribution in [0.4, 0.5) is 0 Å². The Morgan fingerprint density at radius 3 is 2.54 bits per heavy atom. The van der Waals surface area contributed by atoms with E-state index in [-0.39, 0.29) is 0 Å². The number of aliphatic hydroxyl groups is 1. The molecule has 0 heterocycles. The zero-order chi connectivity index (χ0) is 9.68. The van der Waals surface area contributed by atoms with E-state index in [1.807, 2.05) is 0 Å². The van der Waals surface area contributed by atoms with Crippen LogP contribution in [0, 0.1) is 5.92 Å². The van der Waals surface area contributed by atoms with Gasteiger partial charge < -0.3 is 5.11 Å². The van der Waals surface area contributed by atoms with Crippen LogP contribution >= 0.6 is 0 Å². The molecule has 2 nitrogen and oxygen atoms in total. The van der Waals surface area contributed by atoms with Gasteiger partial charge in [0.1, 0.15) is 0 Å². The molecule has 1 aliphatic rings. The quantitative estimate of drug-likeness (QED) is 0.723. The van der Waals surface area contributed by atoms with E-state index >= 15 is 0 Å². The second kappa shape index (κ2) is 5.61. The third kappa shape index (κ3) is 2.96. The van der Waals surface area contributed by atoms with Crippen LogP contribution in [-0.4, -0.2) is 35.7 Å². The maximum absolute atomic E-state index is 8.94. The van der Waals surface area contributed by atoms with Gasteiger partial charge in [-0.3, -0.25) is 4.90 Å². The van der Waals surface area contributed by atoms with E-state index < -0.39 is 0 Å². The molecule has 0 amide bonds. The van der Waals surface area contributed by atoms with Crippen molar-refractivity contribution in [2.45, 2.75) is 45.6 Å². The first kappa shape index (κ1) is 11.0. The van der Waals surface area contributed by atoms with Gasteiger partial charge in [-0.25, -0.2) is 0 Å². The van der Waals surface area contributed by atoms with Gasteiger partial charge in [-0.1, -0.05) is 26.7 Å². The minimum absolute atomic E-state index is 0.303. The molecule has 2 heteroatoms. The summed E-state index contributed by atoms with van der Waals surface area (Å²) in [6.45, 7) is 6.78. The molecule has 0 aromatic rings. The maximum atomic E-state index is 8.94. The van der Waals surface area contributed by atoms with E-state index in [1.54, 1.807) is 0 Å². The Kier molecular flexibility index (Phi) is 4.74. The summed E-state index contributed by atoms with van der Waals surface area (Å²) < 4.78 is 0. The lowest BCUT2D eigenvalue weighted by Gasteiger charge is -2.37. The minimum Gasteiger partial charge on any atom is -0.395 e. The monoisotopic (exact) mass is 185 g/mol. The van der Waals surface area contributed by atoms with Crippen molar-refractivity contribution in [3.8, 4) is 0 Å². The lowest BCUT2D eigenvalue weighted by atomic mass is 9.85. The van der Waals surface area contributed by atoms with Gasteiger partial charge in [0, 0.05) is 12.6 Å². The second-order valence-corrected chi connectivity index (χ2v) is 4.18. The Bertz CT molecular complexity index is 138. The van der Waals surface area contributed by atoms with Crippen LogP contribution in [0.2, 0.25) is 0 Å². The highest BCUT2D eigenvalue weighted by Gasteiger charge is 2.25. The minimum atomic E-state index is 0.303. The number of rotatable bonds is 4. The van der Waals surface area contributed by atoms with Crippen molar-refractivity contribution in [1.29, 1.82) is 0 Å². The van der Waals surface area contributed by atoms with E-state index in [9.17, 15) is 0 Å². The SMILES string of the molecule is CCN(CCO)[C@@H]1CCCC[C@H]1C. The fourth-order valence-electron chi connectivity index (χ4n) is 2.53. The summed E-state index contributed by atoms with van der Waals surface area (Å²) >= 11 is 0. The molecule has 13 heavy (non-hydrogen) atoms. The van der Waals surface area contributed by atoms with Crippen LogP contribution in [0.5, 0.6) is 0 Å². The molecule has 0 unspecified atom stereocenters. The summed E-state index contributed by atoms with van der Waals surface area (Å²) in [4.78, 5) is 2.43. The highest BCUT2D eigenvalue weighted by atomic mass is 16.3. The van der Waals surface area contributed by atoms with Crippen molar-refractivity contribution in [3.63, 3.8) is 0 Å². The van der Waals surface area contributed by atoms with Gasteiger partial charge in [0.05, 0.1) is 6.61 Å². The largest absolute Gasteiger partial charge is 0.395 e. The molecule has 1 saturated carbocycles. The van der Waals surface area contributed by atoms with Crippen molar-refractivity contribution < 1.29 is 5.11 Å². The zero-order valence-electron chi connectivity index (χ0n) is 9.00. The number of hydrogen-bond donors (Lipinski definition) is 1. The topological polar surface area (TPSA) is 23.5 Å². The van der Waals surface area contributed by atoms with Gasteiger partial charge >= 0.3 is 0 Å². The molecule has 0 radical (unpaired) electrons. The Balaban J connectivity index is 2.44. The average Bonchev–Trinajstić information content (AvgIpc) is 2.16. The van der Waals surface area contributed by atoms with Crippen molar-refractivity contribution >= 4 is 0 Å². The summed E-state index contributed by atoms with van der Waals surface area (Å²) in [5, 5.41) is 8.94. The zero-order valence-corrected chi connectivity index (χ0v) is 9.00. The van der Waals surface area contributed by atoms with Crippen molar-refractivity contribution in [2.75, 3.05) is 19.7 Å². The predicted molar refractivity (Wildman–Crippen MR) is 55.8 cm³/mol. The molecule has 0 aromatic heterocycles. The second-order valence-electron chi connectivity index (χ2n) is 4.18. The molecule has 1 N–H and O–H groups in total. The summed E-state index contributed by atoms with van der Waals surface area (Å²) in [5.74, 6) is 0.820. The third-order valence-corrected chi connectivity index (χ3v) is 3.33. The van der Waals surface area contributed by atoms with Gasteiger partial charge in [-0.05, 0) is 25.3 Å². The fourth-order valence-corrected chi connectivity index (χ4v) is 2.53. The fraction of sp³-hybridized carbons (Fsp3) is 1.00. The molecule has 2 atom stereocenters. The van der Waals surface area contributed by atoms with Crippen molar-refractivity contribution in [3.05, 3.63) is 0 Å². The van der Waals surface area contributed by atoms with Crippen LogP contribution in [0.25, 0.3) is 0 Å². The van der Waals surface area contributed by atoms with Gasteiger partial charge in [0.2, 0.25) is 0 Å². The molecule has 0 spiro atoms. The molecule has 0 saturated heterocycles. The Labute approximate surface area is 81.9 Å². The van der Waals surface area contributed by atoms with Crippen molar-refractivity contribution in [2.24, 2.45) is 5.92 Å². The summed E-state index contributed by atoms with van der Waals surface area (Å²) in [7, 11) is 0. The van der Waals surface area contributed by atoms with Crippen LogP contribution < -0.4 is 0 Å². The average molecular weight is 185 g/mol. The molecule has 0 aromatic carbocycles. The number of hydrogen-bond acceptors (Lipinski definition) is 2. The van der Waals surface area contributed by atoms with E-state index in [1.165, 1.54) is 25.7 Å². The first-order chi connectivity index (χ1) is 6.29. The molecule has 0 aliphatic heterocycles. The lowest BCUT2D eigenvalue weighted by molar-refractivity contribution is 0.0954. The highest BCUT2D eigenvalue weighted by molar-refractivity contribution is 4.80. The third-order valence-electron chi connectivity index (χ3n) is 3.33. The normalized spacial score (nSPS) is 29.5. The van der Waals surface area contributed by atoms with Gasteiger partial charge in [-0.15, -0.1) is 0 Å². The molecule has 0 bridgehead atoms. The Morgan fingerprint density at radius 2 is 2.00 bits per heavy atom. The molecule has 1 rings (SSSR count). The molecular weight excluding hydrogens is 162 g/mol. The molecule has 1 fully saturated rings. The Morgan fingerprint density at radius 1 is 1.31 bits per heavy atom. The summed E-state index contributed by atoms with van der Waals surface area (Å²) in [6.07, 6.45) is 5.47. The highest BCUT2D eigenvalue weighted by Crippen LogP contribution is 2.27. The molecular formula is C11H23NO. The van der Waals surface area contributed by atoms with E-state index in [4.69, 9.17) is 5.11 Å². The summed E-state index contributed by atoms with van der Waals surface area (Å²) in [6, 6.07) is 0.728. The van der Waals surface area contributed by atoms with Crippen LogP contribution in [0.15, 0.2) is 0 Å². The Hall–Kier alpha value is -0.0800. The van der Waals surface area contributed by atoms with Crippen molar-refractivity contribution in [1.82, 2.24) is 4.90 Å². The van der Waals surface area contributed by atoms with Gasteiger partial charge in [-0.2, -0.15) is 0 Å². The lowest BCUT2D eigenvalue weighted by Crippen LogP contribution is -2.42. The first-order valence-electron chi connectivity index (χ1n) is 5.64. The van der Waals surface area contributed by atoms with Crippen LogP contribution in [-0.2, 0) is 0 Å². The van der Waals surface area contributed by atoms with E-state index in [0.29, 0.717) is 6.61 Å². The van der Waals surface area contributed by atoms with Gasteiger partial charge in [0.25, 0.3) is 0 Å². The number of nitrogens with zero attached hydrogens (tertiary/aromatic N) is 1. The summed E-state index contributed by atoms with van der Waals surface area (Å²) in [5.41, 5.74) is 0. The van der Waals surface area contributed by atoms with Crippen LogP contribution in [0.3, 0.4) is 0 Å². The maximum Gasteiger partial charge on any atom is 0.0558 e. The van der Waals surface area contributed by atoms with Gasteiger partial charge in [0.15, 0.2) is 0 Å². The number of likely N-dealkylation sites (N-methyl/N-ethyl adjacent to an activating group) is 1. The van der Waals surface area contributed by atoms with Crippen LogP contribution in [0.1, 0.15) is 39.5 Å². The van der Waals surface area contributed by atoms with E-state index in [0.717, 1.165) is 25.0 Å². The first-order valence-corrected chi connectivity index (χ1v) is 5.64. The molecule has 78 valence electrons. The number of aliphatic hydroxyl groups excluding tert-OH is 1. The smallest absolute Gasteiger partial charge is 0.0558 e. The predicted octanol–water partition coefficient (Wildman–Crippen LogP) is 1.88. The van der Waals surface area contributed by atoms with E-state index in [2.05, 4.69) is 18.7 Å². The molecule has 1 aliphatic carbocycles.